The Labute approximate surface area is 117 Å². The number of primary amides is 1. The van der Waals surface area contributed by atoms with Gasteiger partial charge in [-0.25, -0.2) is 9.59 Å². The van der Waals surface area contributed by atoms with Gasteiger partial charge in [-0.15, -0.1) is 0 Å². The van der Waals surface area contributed by atoms with Gasteiger partial charge < -0.3 is 21.1 Å². The standard InChI is InChI=1S/C12H22N4O4/c1-7-5-16(6-8(2)15(7)3)12(20)14-9(11(18)19)4-10(13)17/h7-9H,4-6H2,1-3H3,(H2,13,17)(H,14,20)(H,18,19)/t7?,8?,9-/m0/s1. The van der Waals surface area contributed by atoms with E-state index in [4.69, 9.17) is 10.8 Å². The van der Waals surface area contributed by atoms with Crippen LogP contribution in [0.25, 0.3) is 0 Å². The molecule has 1 fully saturated rings. The van der Waals surface area contributed by atoms with Crippen molar-refractivity contribution in [1.29, 1.82) is 0 Å². The molecule has 4 N–H and O–H groups in total. The summed E-state index contributed by atoms with van der Waals surface area (Å²) in [6, 6.07) is -1.40. The van der Waals surface area contributed by atoms with Gasteiger partial charge in [0, 0.05) is 25.2 Å². The maximum Gasteiger partial charge on any atom is 0.326 e. The van der Waals surface area contributed by atoms with Crippen molar-refractivity contribution >= 4 is 17.9 Å². The van der Waals surface area contributed by atoms with Gasteiger partial charge in [0.1, 0.15) is 6.04 Å². The van der Waals surface area contributed by atoms with E-state index in [1.165, 1.54) is 0 Å². The number of carboxylic acid groups (broad SMARTS) is 1. The molecule has 0 radical (unpaired) electrons. The zero-order valence-electron chi connectivity index (χ0n) is 12.0. The fourth-order valence-electron chi connectivity index (χ4n) is 2.21. The molecule has 8 heteroatoms. The highest BCUT2D eigenvalue weighted by Crippen LogP contribution is 2.13. The number of nitrogens with two attached hydrogens (primary N) is 1. The van der Waals surface area contributed by atoms with Crippen molar-refractivity contribution in [2.24, 2.45) is 5.73 Å². The van der Waals surface area contributed by atoms with E-state index in [0.717, 1.165) is 0 Å². The van der Waals surface area contributed by atoms with Gasteiger partial charge in [-0.3, -0.25) is 9.69 Å². The molecule has 114 valence electrons. The third-order valence-electron chi connectivity index (χ3n) is 3.65. The number of urea groups is 1. The number of hydrogen-bond acceptors (Lipinski definition) is 4. The van der Waals surface area contributed by atoms with Crippen LogP contribution in [0.1, 0.15) is 20.3 Å². The Bertz CT molecular complexity index is 389. The van der Waals surface area contributed by atoms with E-state index in [9.17, 15) is 14.4 Å². The van der Waals surface area contributed by atoms with Crippen LogP contribution in [0.15, 0.2) is 0 Å². The number of carbonyl (C=O) groups excluding carboxylic acids is 2. The van der Waals surface area contributed by atoms with Crippen molar-refractivity contribution < 1.29 is 19.5 Å². The largest absolute Gasteiger partial charge is 0.480 e. The minimum absolute atomic E-state index is 0.184. The maximum absolute atomic E-state index is 12.1. The topological polar surface area (TPSA) is 116 Å². The molecule has 0 saturated carbocycles. The maximum atomic E-state index is 12.1. The molecule has 1 aliphatic rings. The van der Waals surface area contributed by atoms with Crippen molar-refractivity contribution in [2.75, 3.05) is 20.1 Å². The zero-order chi connectivity index (χ0) is 15.4. The Morgan fingerprint density at radius 1 is 1.30 bits per heavy atom. The Kier molecular flexibility index (Phi) is 5.32. The van der Waals surface area contributed by atoms with Gasteiger partial charge in [-0.1, -0.05) is 0 Å². The van der Waals surface area contributed by atoms with Gasteiger partial charge >= 0.3 is 12.0 Å². The van der Waals surface area contributed by atoms with Crippen LogP contribution in [0.3, 0.4) is 0 Å². The fraction of sp³-hybridized carbons (Fsp3) is 0.750. The summed E-state index contributed by atoms with van der Waals surface area (Å²) in [6.07, 6.45) is -0.417. The van der Waals surface area contributed by atoms with E-state index in [0.29, 0.717) is 13.1 Å². The second kappa shape index (κ2) is 6.56. The van der Waals surface area contributed by atoms with Crippen molar-refractivity contribution in [2.45, 2.75) is 38.4 Å². The molecular weight excluding hydrogens is 264 g/mol. The Balaban J connectivity index is 2.65. The molecule has 1 heterocycles. The van der Waals surface area contributed by atoms with Crippen LogP contribution in [-0.2, 0) is 9.59 Å². The van der Waals surface area contributed by atoms with E-state index in [1.807, 2.05) is 20.9 Å². The molecule has 0 aromatic carbocycles. The molecule has 1 aliphatic heterocycles. The van der Waals surface area contributed by atoms with Crippen LogP contribution in [0, 0.1) is 0 Å². The molecule has 1 rings (SSSR count). The summed E-state index contributed by atoms with van der Waals surface area (Å²) < 4.78 is 0. The summed E-state index contributed by atoms with van der Waals surface area (Å²) in [5.74, 6) is -2.04. The number of nitrogens with zero attached hydrogens (tertiary/aromatic N) is 2. The zero-order valence-corrected chi connectivity index (χ0v) is 12.0. The minimum Gasteiger partial charge on any atom is -0.480 e. The predicted molar refractivity (Wildman–Crippen MR) is 72.0 cm³/mol. The minimum atomic E-state index is -1.29. The number of piperazine rings is 1. The van der Waals surface area contributed by atoms with E-state index in [2.05, 4.69) is 10.2 Å². The monoisotopic (exact) mass is 286 g/mol. The van der Waals surface area contributed by atoms with E-state index in [1.54, 1.807) is 4.90 Å². The third kappa shape index (κ3) is 4.09. The molecule has 0 spiro atoms. The number of rotatable bonds is 4. The van der Waals surface area contributed by atoms with Gasteiger partial charge in [0.2, 0.25) is 5.91 Å². The van der Waals surface area contributed by atoms with E-state index >= 15 is 0 Å². The SMILES string of the molecule is CC1CN(C(=O)N[C@@H](CC(N)=O)C(=O)O)CC(C)N1C. The van der Waals surface area contributed by atoms with Crippen molar-refractivity contribution in [1.82, 2.24) is 15.1 Å². The Morgan fingerprint density at radius 3 is 2.20 bits per heavy atom. The quantitative estimate of drug-likeness (QED) is 0.616. The summed E-state index contributed by atoms with van der Waals surface area (Å²) in [7, 11) is 1.98. The average molecular weight is 286 g/mol. The van der Waals surface area contributed by atoms with Crippen LogP contribution >= 0.6 is 0 Å². The molecule has 3 amide bonds. The van der Waals surface area contributed by atoms with E-state index < -0.39 is 30.4 Å². The highest BCUT2D eigenvalue weighted by molar-refractivity contribution is 5.87. The van der Waals surface area contributed by atoms with Gasteiger partial charge in [-0.05, 0) is 20.9 Å². The lowest BCUT2D eigenvalue weighted by Gasteiger charge is -2.42. The summed E-state index contributed by atoms with van der Waals surface area (Å²) in [5, 5.41) is 11.3. The third-order valence-corrected chi connectivity index (χ3v) is 3.65. The lowest BCUT2D eigenvalue weighted by atomic mass is 10.1. The molecule has 1 saturated heterocycles. The summed E-state index contributed by atoms with van der Waals surface area (Å²) in [6.45, 7) is 5.01. The van der Waals surface area contributed by atoms with Crippen LogP contribution in [-0.4, -0.2) is 71.1 Å². The van der Waals surface area contributed by atoms with Crippen LogP contribution in [0.2, 0.25) is 0 Å². The van der Waals surface area contributed by atoms with Crippen LogP contribution in [0.5, 0.6) is 0 Å². The summed E-state index contributed by atoms with van der Waals surface area (Å²) in [5.41, 5.74) is 4.97. The first-order valence-electron chi connectivity index (χ1n) is 6.50. The van der Waals surface area contributed by atoms with Crippen LogP contribution < -0.4 is 11.1 Å². The average Bonchev–Trinajstić information content (AvgIpc) is 2.33. The van der Waals surface area contributed by atoms with Crippen molar-refractivity contribution in [3.63, 3.8) is 0 Å². The Morgan fingerprint density at radius 2 is 1.80 bits per heavy atom. The van der Waals surface area contributed by atoms with E-state index in [-0.39, 0.29) is 12.1 Å². The van der Waals surface area contributed by atoms with Crippen molar-refractivity contribution in [3.05, 3.63) is 0 Å². The predicted octanol–water partition coefficient (Wildman–Crippen LogP) is -0.951. The first-order chi connectivity index (χ1) is 9.22. The molecule has 0 aromatic heterocycles. The van der Waals surface area contributed by atoms with Crippen LogP contribution in [0.4, 0.5) is 4.79 Å². The molecule has 3 atom stereocenters. The normalized spacial score (nSPS) is 25.1. The summed E-state index contributed by atoms with van der Waals surface area (Å²) in [4.78, 5) is 37.6. The van der Waals surface area contributed by atoms with Gasteiger partial charge in [0.05, 0.1) is 6.42 Å². The first-order valence-corrected chi connectivity index (χ1v) is 6.50. The molecule has 0 aliphatic carbocycles. The van der Waals surface area contributed by atoms with Gasteiger partial charge in [0.15, 0.2) is 0 Å². The highest BCUT2D eigenvalue weighted by Gasteiger charge is 2.31. The first kappa shape index (κ1) is 16.2. The number of hydrogen-bond donors (Lipinski definition) is 3. The van der Waals surface area contributed by atoms with Gasteiger partial charge in [-0.2, -0.15) is 0 Å². The molecule has 0 bridgehead atoms. The second-order valence-corrected chi connectivity index (χ2v) is 5.28. The number of likely N-dealkylation sites (N-methyl/N-ethyl adjacent to an activating group) is 1. The lowest BCUT2D eigenvalue weighted by Crippen LogP contribution is -2.60. The Hall–Kier alpha value is -1.83. The molecule has 2 unspecified atom stereocenters. The highest BCUT2D eigenvalue weighted by atomic mass is 16.4. The number of nitrogens with one attached hydrogen (secondary N) is 1. The number of carboxylic acids is 1. The molecule has 0 aromatic rings. The molecule has 20 heavy (non-hydrogen) atoms. The molecular formula is C12H22N4O4. The second-order valence-electron chi connectivity index (χ2n) is 5.28. The number of carbonyl (C=O) groups is 3. The smallest absolute Gasteiger partial charge is 0.326 e. The van der Waals surface area contributed by atoms with Crippen molar-refractivity contribution in [3.8, 4) is 0 Å². The summed E-state index contributed by atoms with van der Waals surface area (Å²) >= 11 is 0. The molecule has 8 nitrogen and oxygen atoms in total. The van der Waals surface area contributed by atoms with Gasteiger partial charge in [0.25, 0.3) is 0 Å². The number of aliphatic carboxylic acids is 1. The lowest BCUT2D eigenvalue weighted by molar-refractivity contribution is -0.141. The number of amides is 3. The fourth-order valence-corrected chi connectivity index (χ4v) is 2.21.